The summed E-state index contributed by atoms with van der Waals surface area (Å²) >= 11 is 0. The van der Waals surface area contributed by atoms with Gasteiger partial charge >= 0.3 is 0 Å². The van der Waals surface area contributed by atoms with Gasteiger partial charge in [-0.05, 0) is 18.8 Å². The van der Waals surface area contributed by atoms with Gasteiger partial charge in [-0.15, -0.1) is 11.8 Å². The largest absolute Gasteiger partial charge is 0.103 e. The van der Waals surface area contributed by atoms with Crippen LogP contribution in [-0.4, -0.2) is 0 Å². The minimum Gasteiger partial charge on any atom is -0.103 e. The zero-order valence-electron chi connectivity index (χ0n) is 21.5. The van der Waals surface area contributed by atoms with Crippen molar-refractivity contribution in [2.45, 2.75) is 175 Å². The van der Waals surface area contributed by atoms with Gasteiger partial charge in [0.2, 0.25) is 0 Å². The fourth-order valence-electron chi connectivity index (χ4n) is 4.46. The molecule has 0 heteroatoms. The maximum atomic E-state index is 3.41. The van der Waals surface area contributed by atoms with Crippen LogP contribution in [0.15, 0.2) is 0 Å². The molecule has 0 radical (unpaired) electrons. The monoisotopic (exact) mass is 418 g/mol. The molecule has 0 amide bonds. The van der Waals surface area contributed by atoms with Crippen LogP contribution >= 0.6 is 0 Å². The molecule has 0 heterocycles. The van der Waals surface area contributed by atoms with Crippen LogP contribution in [0.1, 0.15) is 175 Å². The SMILES string of the molecule is CCCCCCCCCCCCCCCCC#CCCCCCCCC(C)CCC. The summed E-state index contributed by atoms with van der Waals surface area (Å²) in [5.41, 5.74) is 0. The van der Waals surface area contributed by atoms with Crippen LogP contribution in [0.25, 0.3) is 0 Å². The number of unbranched alkanes of at least 4 members (excludes halogenated alkanes) is 19. The van der Waals surface area contributed by atoms with E-state index in [4.69, 9.17) is 0 Å². The molecule has 0 saturated carbocycles. The average Bonchev–Trinajstić information content (AvgIpc) is 2.74. The summed E-state index contributed by atoms with van der Waals surface area (Å²) in [5.74, 6) is 7.76. The van der Waals surface area contributed by atoms with Crippen molar-refractivity contribution in [3.8, 4) is 11.8 Å². The average molecular weight is 419 g/mol. The van der Waals surface area contributed by atoms with Crippen molar-refractivity contribution in [1.29, 1.82) is 0 Å². The Morgan fingerprint density at radius 2 is 0.767 bits per heavy atom. The molecule has 0 aromatic heterocycles. The molecule has 0 saturated heterocycles. The number of hydrogen-bond donors (Lipinski definition) is 0. The molecule has 0 aromatic carbocycles. The zero-order chi connectivity index (χ0) is 22.0. The van der Waals surface area contributed by atoms with Gasteiger partial charge in [0.15, 0.2) is 0 Å². The maximum Gasteiger partial charge on any atom is 0.00886 e. The van der Waals surface area contributed by atoms with Gasteiger partial charge < -0.3 is 0 Å². The van der Waals surface area contributed by atoms with Crippen molar-refractivity contribution in [3.63, 3.8) is 0 Å². The Morgan fingerprint density at radius 1 is 0.400 bits per heavy atom. The van der Waals surface area contributed by atoms with Crippen LogP contribution < -0.4 is 0 Å². The molecule has 0 aliphatic heterocycles. The van der Waals surface area contributed by atoms with Crippen molar-refractivity contribution in [2.24, 2.45) is 5.92 Å². The second-order valence-electron chi connectivity index (χ2n) is 9.90. The quantitative estimate of drug-likeness (QED) is 0.114. The Hall–Kier alpha value is -0.440. The summed E-state index contributed by atoms with van der Waals surface area (Å²) in [7, 11) is 0. The van der Waals surface area contributed by atoms with Gasteiger partial charge in [0.05, 0.1) is 0 Å². The maximum absolute atomic E-state index is 3.41. The molecule has 0 aromatic rings. The molecule has 0 rings (SSSR count). The highest BCUT2D eigenvalue weighted by atomic mass is 14.1. The minimum absolute atomic E-state index is 0.941. The predicted molar refractivity (Wildman–Crippen MR) is 139 cm³/mol. The topological polar surface area (TPSA) is 0 Å². The molecule has 0 nitrogen and oxygen atoms in total. The fraction of sp³-hybridized carbons (Fsp3) is 0.933. The highest BCUT2D eigenvalue weighted by Crippen LogP contribution is 2.16. The second kappa shape index (κ2) is 26.6. The lowest BCUT2D eigenvalue weighted by atomic mass is 9.98. The third kappa shape index (κ3) is 25.6. The van der Waals surface area contributed by atoms with E-state index in [0.29, 0.717) is 0 Å². The Kier molecular flexibility index (Phi) is 26.2. The fourth-order valence-corrected chi connectivity index (χ4v) is 4.46. The van der Waals surface area contributed by atoms with Crippen molar-refractivity contribution in [2.75, 3.05) is 0 Å². The van der Waals surface area contributed by atoms with Gasteiger partial charge in [0.25, 0.3) is 0 Å². The van der Waals surface area contributed by atoms with Gasteiger partial charge in [0, 0.05) is 12.8 Å². The van der Waals surface area contributed by atoms with Crippen LogP contribution in [-0.2, 0) is 0 Å². The van der Waals surface area contributed by atoms with Crippen molar-refractivity contribution >= 4 is 0 Å². The minimum atomic E-state index is 0.941. The van der Waals surface area contributed by atoms with E-state index in [-0.39, 0.29) is 0 Å². The molecule has 0 bridgehead atoms. The Labute approximate surface area is 192 Å². The van der Waals surface area contributed by atoms with Crippen LogP contribution in [0.3, 0.4) is 0 Å². The Balaban J connectivity index is 3.13. The lowest BCUT2D eigenvalue weighted by Gasteiger charge is -2.08. The standard InChI is InChI=1S/C30H58/c1-4-6-7-8-9-10-11-12-13-14-15-16-17-18-19-20-21-22-23-24-25-26-27-29-30(3)28-5-2/h30H,4-19,22-29H2,1-3H3. The number of rotatable bonds is 23. The first kappa shape index (κ1) is 29.6. The van der Waals surface area contributed by atoms with E-state index in [2.05, 4.69) is 32.6 Å². The van der Waals surface area contributed by atoms with E-state index in [1.807, 2.05) is 0 Å². The van der Waals surface area contributed by atoms with E-state index in [1.165, 1.54) is 141 Å². The predicted octanol–water partition coefficient (Wildman–Crippen LogP) is 11.0. The van der Waals surface area contributed by atoms with E-state index in [9.17, 15) is 0 Å². The van der Waals surface area contributed by atoms with Gasteiger partial charge in [-0.3, -0.25) is 0 Å². The molecule has 0 N–H and O–H groups in total. The van der Waals surface area contributed by atoms with E-state index in [0.717, 1.165) is 18.8 Å². The van der Waals surface area contributed by atoms with Crippen LogP contribution in [0.4, 0.5) is 0 Å². The first-order valence-corrected chi connectivity index (χ1v) is 14.3. The van der Waals surface area contributed by atoms with E-state index < -0.39 is 0 Å². The molecule has 178 valence electrons. The van der Waals surface area contributed by atoms with Crippen LogP contribution in [0.5, 0.6) is 0 Å². The van der Waals surface area contributed by atoms with Crippen LogP contribution in [0, 0.1) is 17.8 Å². The zero-order valence-corrected chi connectivity index (χ0v) is 21.5. The molecule has 0 spiro atoms. The molecule has 1 unspecified atom stereocenters. The lowest BCUT2D eigenvalue weighted by Crippen LogP contribution is -1.93. The normalized spacial score (nSPS) is 12.0. The summed E-state index contributed by atoms with van der Waals surface area (Å²) in [6.07, 6.45) is 33.6. The Morgan fingerprint density at radius 3 is 1.17 bits per heavy atom. The second-order valence-corrected chi connectivity index (χ2v) is 9.90. The molecular weight excluding hydrogens is 360 g/mol. The molecule has 0 aliphatic rings. The molecular formula is C30H58. The highest BCUT2D eigenvalue weighted by Gasteiger charge is 1.99. The van der Waals surface area contributed by atoms with Gasteiger partial charge in [-0.1, -0.05) is 149 Å². The molecule has 1 atom stereocenters. The molecule has 0 aliphatic carbocycles. The third-order valence-corrected chi connectivity index (χ3v) is 6.56. The summed E-state index contributed by atoms with van der Waals surface area (Å²) in [4.78, 5) is 0. The summed E-state index contributed by atoms with van der Waals surface area (Å²) in [6.45, 7) is 7.01. The summed E-state index contributed by atoms with van der Waals surface area (Å²) in [6, 6.07) is 0. The summed E-state index contributed by atoms with van der Waals surface area (Å²) in [5, 5.41) is 0. The summed E-state index contributed by atoms with van der Waals surface area (Å²) < 4.78 is 0. The van der Waals surface area contributed by atoms with Crippen molar-refractivity contribution in [1.82, 2.24) is 0 Å². The third-order valence-electron chi connectivity index (χ3n) is 6.56. The number of hydrogen-bond acceptors (Lipinski definition) is 0. The Bertz CT molecular complexity index is 358. The molecule has 30 heavy (non-hydrogen) atoms. The smallest absolute Gasteiger partial charge is 0.00886 e. The van der Waals surface area contributed by atoms with Crippen molar-refractivity contribution in [3.05, 3.63) is 0 Å². The lowest BCUT2D eigenvalue weighted by molar-refractivity contribution is 0.452. The highest BCUT2D eigenvalue weighted by molar-refractivity contribution is 4.98. The van der Waals surface area contributed by atoms with Crippen molar-refractivity contribution < 1.29 is 0 Å². The van der Waals surface area contributed by atoms with Gasteiger partial charge in [-0.25, -0.2) is 0 Å². The van der Waals surface area contributed by atoms with E-state index >= 15 is 0 Å². The molecule has 0 fully saturated rings. The van der Waals surface area contributed by atoms with Crippen LogP contribution in [0.2, 0.25) is 0 Å². The first-order valence-electron chi connectivity index (χ1n) is 14.3. The van der Waals surface area contributed by atoms with Gasteiger partial charge in [-0.2, -0.15) is 0 Å². The first-order chi connectivity index (χ1) is 14.8. The van der Waals surface area contributed by atoms with E-state index in [1.54, 1.807) is 0 Å². The van der Waals surface area contributed by atoms with Gasteiger partial charge in [0.1, 0.15) is 0 Å².